The van der Waals surface area contributed by atoms with Gasteiger partial charge in [-0.25, -0.2) is 9.37 Å². The molecule has 29 heavy (non-hydrogen) atoms. The van der Waals surface area contributed by atoms with Crippen LogP contribution in [0.15, 0.2) is 66.7 Å². The molecular weight excluding hydrogens is 412 g/mol. The van der Waals surface area contributed by atoms with Crippen molar-refractivity contribution in [2.75, 3.05) is 0 Å². The molecule has 0 unspecified atom stereocenters. The normalized spacial score (nSPS) is 11.0. The maximum absolute atomic E-state index is 13.9. The van der Waals surface area contributed by atoms with E-state index in [1.807, 2.05) is 28.8 Å². The van der Waals surface area contributed by atoms with E-state index in [1.54, 1.807) is 30.3 Å². The van der Waals surface area contributed by atoms with Gasteiger partial charge in [0.25, 0.3) is 5.91 Å². The Morgan fingerprint density at radius 2 is 1.66 bits per heavy atom. The summed E-state index contributed by atoms with van der Waals surface area (Å²) >= 11 is 12.7. The monoisotopic (exact) mass is 427 g/mol. The van der Waals surface area contributed by atoms with Gasteiger partial charge in [-0.1, -0.05) is 53.5 Å². The van der Waals surface area contributed by atoms with Gasteiger partial charge in [-0.05, 0) is 36.4 Å². The van der Waals surface area contributed by atoms with E-state index >= 15 is 0 Å². The summed E-state index contributed by atoms with van der Waals surface area (Å²) in [5.41, 5.74) is 2.43. The summed E-state index contributed by atoms with van der Waals surface area (Å²) in [7, 11) is 0. The van der Waals surface area contributed by atoms with Gasteiger partial charge in [0.1, 0.15) is 11.6 Å². The topological polar surface area (TPSA) is 46.9 Å². The molecule has 0 radical (unpaired) electrons. The van der Waals surface area contributed by atoms with Crippen LogP contribution >= 0.6 is 23.2 Å². The van der Waals surface area contributed by atoms with Crippen molar-refractivity contribution >= 4 is 40.1 Å². The fourth-order valence-electron chi connectivity index (χ4n) is 3.18. The molecule has 1 amide bonds. The number of fused-ring (bicyclic) bond motifs is 1. The van der Waals surface area contributed by atoms with Crippen LogP contribution < -0.4 is 5.32 Å². The Labute approximate surface area is 176 Å². The second-order valence-electron chi connectivity index (χ2n) is 6.47. The maximum Gasteiger partial charge on any atom is 0.254 e. The van der Waals surface area contributed by atoms with Gasteiger partial charge in [0.05, 0.1) is 29.7 Å². The van der Waals surface area contributed by atoms with Crippen LogP contribution in [-0.2, 0) is 13.1 Å². The van der Waals surface area contributed by atoms with E-state index < -0.39 is 11.7 Å². The molecule has 0 saturated heterocycles. The first-order chi connectivity index (χ1) is 14.0. The number of amides is 1. The van der Waals surface area contributed by atoms with Crippen molar-refractivity contribution < 1.29 is 9.18 Å². The molecule has 0 aliphatic rings. The van der Waals surface area contributed by atoms with Gasteiger partial charge >= 0.3 is 0 Å². The summed E-state index contributed by atoms with van der Waals surface area (Å²) < 4.78 is 15.8. The number of hydrogen-bond donors (Lipinski definition) is 1. The molecule has 4 nitrogen and oxygen atoms in total. The zero-order valence-corrected chi connectivity index (χ0v) is 16.7. The minimum Gasteiger partial charge on any atom is -0.345 e. The summed E-state index contributed by atoms with van der Waals surface area (Å²) in [4.78, 5) is 17.0. The number of nitrogens with one attached hydrogen (secondary N) is 1. The molecule has 0 atom stereocenters. The highest BCUT2D eigenvalue weighted by molar-refractivity contribution is 6.36. The number of imidazole rings is 1. The number of nitrogens with zero attached hydrogens (tertiary/aromatic N) is 2. The van der Waals surface area contributed by atoms with Crippen LogP contribution in [0.2, 0.25) is 10.0 Å². The van der Waals surface area contributed by atoms with Crippen LogP contribution in [0.25, 0.3) is 11.0 Å². The van der Waals surface area contributed by atoms with Crippen molar-refractivity contribution in [2.24, 2.45) is 0 Å². The molecule has 0 bridgehead atoms. The van der Waals surface area contributed by atoms with Crippen LogP contribution in [0.4, 0.5) is 4.39 Å². The predicted molar refractivity (Wildman–Crippen MR) is 113 cm³/mol. The van der Waals surface area contributed by atoms with E-state index in [0.717, 1.165) is 16.6 Å². The lowest BCUT2D eigenvalue weighted by atomic mass is 10.2. The van der Waals surface area contributed by atoms with E-state index in [2.05, 4.69) is 10.3 Å². The minimum atomic E-state index is -0.568. The van der Waals surface area contributed by atoms with E-state index in [-0.39, 0.29) is 12.1 Å². The second-order valence-corrected chi connectivity index (χ2v) is 7.28. The highest BCUT2D eigenvalue weighted by Crippen LogP contribution is 2.27. The molecule has 3 aromatic carbocycles. The summed E-state index contributed by atoms with van der Waals surface area (Å²) in [6.45, 7) is 0.522. The number of aromatic nitrogens is 2. The molecule has 4 aromatic rings. The Balaban J connectivity index is 1.67. The third-order valence-corrected chi connectivity index (χ3v) is 5.35. The standard InChI is InChI=1S/C22H16Cl2FN3O/c23-16-7-5-8-17(24)15(16)13-28-20-11-4-3-10-19(20)27-21(28)12-26-22(29)14-6-1-2-9-18(14)25/h1-11H,12-13H2,(H,26,29). The molecule has 0 saturated carbocycles. The fraction of sp³-hybridized carbons (Fsp3) is 0.0909. The second kappa shape index (κ2) is 8.23. The first-order valence-electron chi connectivity index (χ1n) is 8.94. The molecule has 1 aromatic heterocycles. The lowest BCUT2D eigenvalue weighted by Gasteiger charge is -2.13. The zero-order valence-electron chi connectivity index (χ0n) is 15.2. The number of halogens is 3. The lowest BCUT2D eigenvalue weighted by Crippen LogP contribution is -2.25. The Kier molecular flexibility index (Phi) is 5.51. The Hall–Kier alpha value is -2.89. The zero-order chi connectivity index (χ0) is 20.4. The fourth-order valence-corrected chi connectivity index (χ4v) is 3.70. The average molecular weight is 428 g/mol. The molecule has 1 N–H and O–H groups in total. The Bertz CT molecular complexity index is 1190. The third kappa shape index (κ3) is 3.97. The van der Waals surface area contributed by atoms with Crippen molar-refractivity contribution in [1.82, 2.24) is 14.9 Å². The Morgan fingerprint density at radius 1 is 0.966 bits per heavy atom. The predicted octanol–water partition coefficient (Wildman–Crippen LogP) is 5.46. The first-order valence-corrected chi connectivity index (χ1v) is 9.70. The molecule has 0 fully saturated rings. The van der Waals surface area contributed by atoms with Crippen LogP contribution in [-0.4, -0.2) is 15.5 Å². The molecule has 7 heteroatoms. The SMILES string of the molecule is O=C(NCc1nc2ccccc2n1Cc1c(Cl)cccc1Cl)c1ccccc1F. The average Bonchev–Trinajstić information content (AvgIpc) is 3.07. The van der Waals surface area contributed by atoms with Gasteiger partial charge in [0, 0.05) is 15.6 Å². The number of rotatable bonds is 5. The number of benzene rings is 3. The van der Waals surface area contributed by atoms with E-state index in [4.69, 9.17) is 23.2 Å². The summed E-state index contributed by atoms with van der Waals surface area (Å²) in [6.07, 6.45) is 0. The minimum absolute atomic E-state index is 0.00990. The molecule has 4 rings (SSSR count). The van der Waals surface area contributed by atoms with Crippen LogP contribution in [0, 0.1) is 5.82 Å². The van der Waals surface area contributed by atoms with E-state index in [9.17, 15) is 9.18 Å². The van der Waals surface area contributed by atoms with Crippen LogP contribution in [0.3, 0.4) is 0 Å². The summed E-state index contributed by atoms with van der Waals surface area (Å²) in [6, 6.07) is 18.8. The summed E-state index contributed by atoms with van der Waals surface area (Å²) in [5, 5.41) is 3.85. The molecular formula is C22H16Cl2FN3O. The lowest BCUT2D eigenvalue weighted by molar-refractivity contribution is 0.0945. The molecule has 0 spiro atoms. The third-order valence-electron chi connectivity index (χ3n) is 4.64. The quantitative estimate of drug-likeness (QED) is 0.459. The van der Waals surface area contributed by atoms with Gasteiger partial charge in [0.2, 0.25) is 0 Å². The molecule has 1 heterocycles. The van der Waals surface area contributed by atoms with Crippen molar-refractivity contribution in [3.63, 3.8) is 0 Å². The molecule has 146 valence electrons. The largest absolute Gasteiger partial charge is 0.345 e. The number of carbonyl (C=O) groups excluding carboxylic acids is 1. The van der Waals surface area contributed by atoms with Crippen molar-refractivity contribution in [2.45, 2.75) is 13.1 Å². The molecule has 0 aliphatic carbocycles. The number of para-hydroxylation sites is 2. The summed E-state index contributed by atoms with van der Waals surface area (Å²) in [5.74, 6) is -0.453. The highest BCUT2D eigenvalue weighted by Gasteiger charge is 2.16. The van der Waals surface area contributed by atoms with E-state index in [1.165, 1.54) is 12.1 Å². The number of carbonyl (C=O) groups is 1. The maximum atomic E-state index is 13.9. The highest BCUT2D eigenvalue weighted by atomic mass is 35.5. The van der Waals surface area contributed by atoms with Gasteiger partial charge in [-0.3, -0.25) is 4.79 Å². The van der Waals surface area contributed by atoms with Crippen LogP contribution in [0.1, 0.15) is 21.7 Å². The van der Waals surface area contributed by atoms with Gasteiger partial charge in [-0.2, -0.15) is 0 Å². The first kappa shape index (κ1) is 19.4. The Morgan fingerprint density at radius 3 is 2.41 bits per heavy atom. The smallest absolute Gasteiger partial charge is 0.254 e. The molecule has 0 aliphatic heterocycles. The van der Waals surface area contributed by atoms with Gasteiger partial charge in [0.15, 0.2) is 0 Å². The van der Waals surface area contributed by atoms with Gasteiger partial charge in [-0.15, -0.1) is 0 Å². The van der Waals surface area contributed by atoms with E-state index in [0.29, 0.717) is 22.4 Å². The van der Waals surface area contributed by atoms with Crippen molar-refractivity contribution in [3.05, 3.63) is 99.5 Å². The van der Waals surface area contributed by atoms with Crippen molar-refractivity contribution in [1.29, 1.82) is 0 Å². The number of hydrogen-bond acceptors (Lipinski definition) is 2. The van der Waals surface area contributed by atoms with Crippen LogP contribution in [0.5, 0.6) is 0 Å². The van der Waals surface area contributed by atoms with Gasteiger partial charge < -0.3 is 9.88 Å². The van der Waals surface area contributed by atoms with Crippen molar-refractivity contribution in [3.8, 4) is 0 Å².